The van der Waals surface area contributed by atoms with Crippen molar-refractivity contribution in [2.75, 3.05) is 5.32 Å². The van der Waals surface area contributed by atoms with Crippen LogP contribution in [0.2, 0.25) is 0 Å². The van der Waals surface area contributed by atoms with E-state index in [0.717, 1.165) is 17.9 Å². The number of hydrogen-bond donors (Lipinski definition) is 1. The van der Waals surface area contributed by atoms with Gasteiger partial charge in [-0.2, -0.15) is 5.26 Å². The van der Waals surface area contributed by atoms with E-state index in [1.165, 1.54) is 0 Å². The number of nitrogens with one attached hydrogen (secondary N) is 1. The monoisotopic (exact) mass is 190 g/mol. The molecule has 0 fully saturated rings. The molecule has 1 aromatic rings. The minimum Gasteiger partial charge on any atom is -0.366 e. The standard InChI is InChI=1S/C10H14N4/c1-3-9-6-10(13-7-12-9)14-8(2)4-5-11/h6-8H,3-4H2,1-2H3,(H,12,13,14). The molecule has 14 heavy (non-hydrogen) atoms. The molecule has 1 heterocycles. The molecule has 0 aliphatic rings. The number of rotatable bonds is 4. The molecule has 1 atom stereocenters. The molecule has 4 nitrogen and oxygen atoms in total. The van der Waals surface area contributed by atoms with Crippen LogP contribution in [0.1, 0.15) is 26.0 Å². The van der Waals surface area contributed by atoms with Gasteiger partial charge in [-0.25, -0.2) is 9.97 Å². The van der Waals surface area contributed by atoms with Gasteiger partial charge in [-0.1, -0.05) is 6.92 Å². The Labute approximate surface area is 84.0 Å². The summed E-state index contributed by atoms with van der Waals surface area (Å²) in [6.07, 6.45) is 2.91. The smallest absolute Gasteiger partial charge is 0.129 e. The van der Waals surface area contributed by atoms with Gasteiger partial charge < -0.3 is 5.32 Å². The van der Waals surface area contributed by atoms with Crippen LogP contribution in [0.15, 0.2) is 12.4 Å². The number of aryl methyl sites for hydroxylation is 1. The molecule has 0 aliphatic carbocycles. The lowest BCUT2D eigenvalue weighted by Crippen LogP contribution is -2.15. The largest absolute Gasteiger partial charge is 0.366 e. The van der Waals surface area contributed by atoms with Gasteiger partial charge in [-0.05, 0) is 13.3 Å². The molecule has 0 bridgehead atoms. The molecule has 0 aromatic carbocycles. The molecule has 1 N–H and O–H groups in total. The molecule has 0 aliphatic heterocycles. The lowest BCUT2D eigenvalue weighted by atomic mass is 10.2. The fraction of sp³-hybridized carbons (Fsp3) is 0.500. The van der Waals surface area contributed by atoms with Crippen LogP contribution in [0.25, 0.3) is 0 Å². The molecule has 0 amide bonds. The van der Waals surface area contributed by atoms with E-state index >= 15 is 0 Å². The second kappa shape index (κ2) is 5.18. The van der Waals surface area contributed by atoms with E-state index in [4.69, 9.17) is 5.26 Å². The third-order valence-electron chi connectivity index (χ3n) is 1.88. The van der Waals surface area contributed by atoms with Crippen molar-refractivity contribution in [3.8, 4) is 6.07 Å². The summed E-state index contributed by atoms with van der Waals surface area (Å²) in [6.45, 7) is 4.00. The fourth-order valence-electron chi connectivity index (χ4n) is 1.11. The first kappa shape index (κ1) is 10.5. The van der Waals surface area contributed by atoms with Crippen LogP contribution in [0, 0.1) is 11.3 Å². The van der Waals surface area contributed by atoms with Crippen molar-refractivity contribution in [1.29, 1.82) is 5.26 Å². The normalized spacial score (nSPS) is 11.8. The predicted molar refractivity (Wildman–Crippen MR) is 54.7 cm³/mol. The number of nitrogens with zero attached hydrogens (tertiary/aromatic N) is 3. The van der Waals surface area contributed by atoms with Gasteiger partial charge in [-0.15, -0.1) is 0 Å². The van der Waals surface area contributed by atoms with Gasteiger partial charge in [0.05, 0.1) is 12.5 Å². The van der Waals surface area contributed by atoms with Crippen LogP contribution in [0.5, 0.6) is 0 Å². The summed E-state index contributed by atoms with van der Waals surface area (Å²) < 4.78 is 0. The van der Waals surface area contributed by atoms with Crippen molar-refractivity contribution in [3.05, 3.63) is 18.1 Å². The van der Waals surface area contributed by atoms with E-state index < -0.39 is 0 Å². The lowest BCUT2D eigenvalue weighted by Gasteiger charge is -2.10. The fourth-order valence-corrected chi connectivity index (χ4v) is 1.11. The Bertz CT molecular complexity index is 329. The molecule has 0 saturated carbocycles. The van der Waals surface area contributed by atoms with E-state index in [-0.39, 0.29) is 6.04 Å². The maximum Gasteiger partial charge on any atom is 0.129 e. The van der Waals surface area contributed by atoms with Gasteiger partial charge >= 0.3 is 0 Å². The van der Waals surface area contributed by atoms with Gasteiger partial charge in [0.2, 0.25) is 0 Å². The zero-order valence-corrected chi connectivity index (χ0v) is 8.49. The van der Waals surface area contributed by atoms with Crippen molar-refractivity contribution in [1.82, 2.24) is 9.97 Å². The maximum absolute atomic E-state index is 8.49. The summed E-state index contributed by atoms with van der Waals surface area (Å²) in [5.41, 5.74) is 1.01. The highest BCUT2D eigenvalue weighted by molar-refractivity contribution is 5.35. The Morgan fingerprint density at radius 2 is 2.36 bits per heavy atom. The van der Waals surface area contributed by atoms with E-state index in [9.17, 15) is 0 Å². The summed E-state index contributed by atoms with van der Waals surface area (Å²) in [5, 5.41) is 11.6. The topological polar surface area (TPSA) is 61.6 Å². The van der Waals surface area contributed by atoms with Crippen molar-refractivity contribution < 1.29 is 0 Å². The average Bonchev–Trinajstić information content (AvgIpc) is 2.18. The number of aromatic nitrogens is 2. The first-order valence-electron chi connectivity index (χ1n) is 4.70. The van der Waals surface area contributed by atoms with Crippen LogP contribution in [-0.4, -0.2) is 16.0 Å². The average molecular weight is 190 g/mol. The summed E-state index contributed by atoms with van der Waals surface area (Å²) in [6, 6.07) is 4.15. The Hall–Kier alpha value is -1.63. The van der Waals surface area contributed by atoms with Crippen LogP contribution >= 0.6 is 0 Å². The molecular formula is C10H14N4. The van der Waals surface area contributed by atoms with Crippen molar-refractivity contribution >= 4 is 5.82 Å². The van der Waals surface area contributed by atoms with Gasteiger partial charge in [0.25, 0.3) is 0 Å². The highest BCUT2D eigenvalue weighted by Crippen LogP contribution is 2.07. The van der Waals surface area contributed by atoms with Crippen molar-refractivity contribution in [2.45, 2.75) is 32.7 Å². The summed E-state index contributed by atoms with van der Waals surface area (Å²) >= 11 is 0. The first-order chi connectivity index (χ1) is 6.76. The minimum atomic E-state index is 0.125. The third kappa shape index (κ3) is 3.02. The Morgan fingerprint density at radius 3 is 3.00 bits per heavy atom. The van der Waals surface area contributed by atoms with Crippen molar-refractivity contribution in [2.24, 2.45) is 0 Å². The van der Waals surface area contributed by atoms with E-state index in [1.54, 1.807) is 6.33 Å². The molecule has 1 unspecified atom stereocenters. The molecule has 0 saturated heterocycles. The Morgan fingerprint density at radius 1 is 1.57 bits per heavy atom. The number of anilines is 1. The quantitative estimate of drug-likeness (QED) is 0.785. The Kier molecular flexibility index (Phi) is 3.86. The van der Waals surface area contributed by atoms with Crippen LogP contribution in [0.4, 0.5) is 5.82 Å². The van der Waals surface area contributed by atoms with E-state index in [0.29, 0.717) is 6.42 Å². The molecule has 0 spiro atoms. The highest BCUT2D eigenvalue weighted by atomic mass is 15.0. The molecule has 4 heteroatoms. The first-order valence-corrected chi connectivity index (χ1v) is 4.70. The molecule has 74 valence electrons. The third-order valence-corrected chi connectivity index (χ3v) is 1.88. The van der Waals surface area contributed by atoms with Gasteiger partial charge in [-0.3, -0.25) is 0 Å². The molecule has 1 aromatic heterocycles. The van der Waals surface area contributed by atoms with Crippen LogP contribution in [-0.2, 0) is 6.42 Å². The summed E-state index contributed by atoms with van der Waals surface area (Å²) in [7, 11) is 0. The molecule has 1 rings (SSSR count). The van der Waals surface area contributed by atoms with Crippen LogP contribution in [0.3, 0.4) is 0 Å². The minimum absolute atomic E-state index is 0.125. The number of nitriles is 1. The molecular weight excluding hydrogens is 176 g/mol. The van der Waals surface area contributed by atoms with Crippen molar-refractivity contribution in [3.63, 3.8) is 0 Å². The second-order valence-corrected chi connectivity index (χ2v) is 3.16. The van der Waals surface area contributed by atoms with E-state index in [1.807, 2.05) is 19.9 Å². The Balaban J connectivity index is 2.63. The zero-order chi connectivity index (χ0) is 10.4. The molecule has 0 radical (unpaired) electrons. The van der Waals surface area contributed by atoms with E-state index in [2.05, 4.69) is 21.4 Å². The van der Waals surface area contributed by atoms with Gasteiger partial charge in [0.1, 0.15) is 12.1 Å². The van der Waals surface area contributed by atoms with Gasteiger partial charge in [0, 0.05) is 17.8 Å². The zero-order valence-electron chi connectivity index (χ0n) is 8.49. The van der Waals surface area contributed by atoms with Gasteiger partial charge in [0.15, 0.2) is 0 Å². The highest BCUT2D eigenvalue weighted by Gasteiger charge is 2.02. The lowest BCUT2D eigenvalue weighted by molar-refractivity contribution is 0.810. The summed E-state index contributed by atoms with van der Waals surface area (Å²) in [5.74, 6) is 0.791. The summed E-state index contributed by atoms with van der Waals surface area (Å²) in [4.78, 5) is 8.17. The van der Waals surface area contributed by atoms with Crippen LogP contribution < -0.4 is 5.32 Å². The number of hydrogen-bond acceptors (Lipinski definition) is 4. The SMILES string of the molecule is CCc1cc(NC(C)CC#N)ncn1. The maximum atomic E-state index is 8.49. The second-order valence-electron chi connectivity index (χ2n) is 3.16. The predicted octanol–water partition coefficient (Wildman–Crippen LogP) is 1.75.